The summed E-state index contributed by atoms with van der Waals surface area (Å²) in [5.41, 5.74) is 0.557. The molecule has 72 valence electrons. The van der Waals surface area contributed by atoms with E-state index in [0.29, 0.717) is 5.56 Å². The number of carbonyl (C=O) groups is 1. The normalized spacial score (nSPS) is 11.4. The van der Waals surface area contributed by atoms with Crippen molar-refractivity contribution in [3.63, 3.8) is 0 Å². The molecule has 1 amide bonds. The van der Waals surface area contributed by atoms with E-state index >= 15 is 0 Å². The fourth-order valence-corrected chi connectivity index (χ4v) is 1.02. The summed E-state index contributed by atoms with van der Waals surface area (Å²) in [5.74, 6) is 1.78. The third-order valence-electron chi connectivity index (χ3n) is 1.73. The summed E-state index contributed by atoms with van der Waals surface area (Å²) in [6, 6.07) is 8.69. The number of benzene rings is 1. The number of aliphatic hydroxyl groups is 1. The molecule has 0 fully saturated rings. The molecule has 1 aromatic rings. The summed E-state index contributed by atoms with van der Waals surface area (Å²) in [4.78, 5) is 11.2. The highest BCUT2D eigenvalue weighted by Crippen LogP contribution is 2.11. The third-order valence-corrected chi connectivity index (χ3v) is 1.73. The number of hydrogen-bond acceptors (Lipinski definition) is 2. The number of hydrogen-bond donors (Lipinski definition) is 2. The molecule has 3 heteroatoms. The molecule has 2 N–H and O–H groups in total. The number of rotatable bonds is 3. The maximum Gasteiger partial charge on any atom is 0.254 e. The van der Waals surface area contributed by atoms with E-state index in [1.807, 2.05) is 6.07 Å². The van der Waals surface area contributed by atoms with Gasteiger partial charge in [0.25, 0.3) is 5.91 Å². The second kappa shape index (κ2) is 5.05. The van der Waals surface area contributed by atoms with Crippen molar-refractivity contribution in [3.05, 3.63) is 35.9 Å². The van der Waals surface area contributed by atoms with Gasteiger partial charge in [-0.3, -0.25) is 4.79 Å². The molecule has 0 radical (unpaired) electrons. The molecule has 1 aromatic carbocycles. The molecule has 1 atom stereocenters. The number of nitrogens with one attached hydrogen (secondary N) is 1. The highest BCUT2D eigenvalue weighted by Gasteiger charge is 2.15. The standard InChI is InChI=1S/C11H11NO2/c1-2-8-12-11(14)10(13)9-6-4-3-5-7-9/h1,3-7,10,13H,8H2,(H,12,14). The molecule has 0 saturated heterocycles. The molecule has 0 bridgehead atoms. The lowest BCUT2D eigenvalue weighted by Crippen LogP contribution is -2.29. The van der Waals surface area contributed by atoms with Gasteiger partial charge in [-0.25, -0.2) is 0 Å². The molecule has 14 heavy (non-hydrogen) atoms. The quantitative estimate of drug-likeness (QED) is 0.679. The summed E-state index contributed by atoms with van der Waals surface area (Å²) in [6.07, 6.45) is 3.82. The van der Waals surface area contributed by atoms with E-state index in [2.05, 4.69) is 11.2 Å². The lowest BCUT2D eigenvalue weighted by molar-refractivity contribution is -0.129. The van der Waals surface area contributed by atoms with E-state index in [4.69, 9.17) is 6.42 Å². The summed E-state index contributed by atoms with van der Waals surface area (Å²) in [7, 11) is 0. The van der Waals surface area contributed by atoms with Gasteiger partial charge in [-0.05, 0) is 5.56 Å². The molecule has 1 unspecified atom stereocenters. The van der Waals surface area contributed by atoms with Crippen molar-refractivity contribution in [1.82, 2.24) is 5.32 Å². The molecule has 0 aliphatic rings. The van der Waals surface area contributed by atoms with Gasteiger partial charge in [0.05, 0.1) is 6.54 Å². The summed E-state index contributed by atoms with van der Waals surface area (Å²) >= 11 is 0. The Hall–Kier alpha value is -1.79. The van der Waals surface area contributed by atoms with Gasteiger partial charge in [-0.15, -0.1) is 6.42 Å². The van der Waals surface area contributed by atoms with Crippen LogP contribution in [0.5, 0.6) is 0 Å². The highest BCUT2D eigenvalue weighted by molar-refractivity contribution is 5.82. The maximum absolute atomic E-state index is 11.2. The predicted molar refractivity (Wildman–Crippen MR) is 53.2 cm³/mol. The molecular formula is C11H11NO2. The molecular weight excluding hydrogens is 178 g/mol. The number of carbonyl (C=O) groups excluding carboxylic acids is 1. The van der Waals surface area contributed by atoms with Gasteiger partial charge in [0.15, 0.2) is 6.10 Å². The Balaban J connectivity index is 2.62. The van der Waals surface area contributed by atoms with Crippen molar-refractivity contribution in [2.24, 2.45) is 0 Å². The fourth-order valence-electron chi connectivity index (χ4n) is 1.02. The Labute approximate surface area is 82.8 Å². The van der Waals surface area contributed by atoms with E-state index in [-0.39, 0.29) is 6.54 Å². The number of terminal acetylenes is 1. The van der Waals surface area contributed by atoms with E-state index in [9.17, 15) is 9.90 Å². The van der Waals surface area contributed by atoms with Gasteiger partial charge in [0.1, 0.15) is 0 Å². The first-order chi connectivity index (χ1) is 6.75. The van der Waals surface area contributed by atoms with Crippen LogP contribution in [0.1, 0.15) is 11.7 Å². The van der Waals surface area contributed by atoms with Gasteiger partial charge in [0, 0.05) is 0 Å². The first-order valence-corrected chi connectivity index (χ1v) is 4.20. The van der Waals surface area contributed by atoms with E-state index in [1.54, 1.807) is 24.3 Å². The average molecular weight is 189 g/mol. The Bertz CT molecular complexity index is 340. The second-order valence-corrected chi connectivity index (χ2v) is 2.74. The van der Waals surface area contributed by atoms with Crippen molar-refractivity contribution in [1.29, 1.82) is 0 Å². The van der Waals surface area contributed by atoms with Crippen LogP contribution in [0.2, 0.25) is 0 Å². The van der Waals surface area contributed by atoms with Gasteiger partial charge in [-0.2, -0.15) is 0 Å². The van der Waals surface area contributed by atoms with Gasteiger partial charge in [0.2, 0.25) is 0 Å². The SMILES string of the molecule is C#CCNC(=O)C(O)c1ccccc1. The zero-order valence-electron chi connectivity index (χ0n) is 7.60. The Morgan fingerprint density at radius 2 is 2.14 bits per heavy atom. The molecule has 0 saturated carbocycles. The minimum absolute atomic E-state index is 0.128. The molecule has 0 aliphatic carbocycles. The van der Waals surface area contributed by atoms with Gasteiger partial charge < -0.3 is 10.4 Å². The van der Waals surface area contributed by atoms with Crippen molar-refractivity contribution >= 4 is 5.91 Å². The minimum atomic E-state index is -1.15. The summed E-state index contributed by atoms with van der Waals surface area (Å²) in [5, 5.41) is 11.9. The van der Waals surface area contributed by atoms with E-state index < -0.39 is 12.0 Å². The predicted octanol–water partition coefficient (Wildman–Crippen LogP) is 0.469. The first-order valence-electron chi connectivity index (χ1n) is 4.20. The van der Waals surface area contributed by atoms with Crippen molar-refractivity contribution in [2.45, 2.75) is 6.10 Å². The summed E-state index contributed by atoms with van der Waals surface area (Å²) in [6.45, 7) is 0.128. The van der Waals surface area contributed by atoms with Crippen molar-refractivity contribution in [2.75, 3.05) is 6.54 Å². The second-order valence-electron chi connectivity index (χ2n) is 2.74. The molecule has 0 aliphatic heterocycles. The Morgan fingerprint density at radius 1 is 1.50 bits per heavy atom. The van der Waals surface area contributed by atoms with Crippen LogP contribution in [-0.4, -0.2) is 17.6 Å². The van der Waals surface area contributed by atoms with Crippen LogP contribution in [-0.2, 0) is 4.79 Å². The molecule has 0 heterocycles. The van der Waals surface area contributed by atoms with E-state index in [1.165, 1.54) is 0 Å². The third kappa shape index (κ3) is 2.61. The molecule has 1 rings (SSSR count). The largest absolute Gasteiger partial charge is 0.378 e. The van der Waals surface area contributed by atoms with Crippen LogP contribution in [0.15, 0.2) is 30.3 Å². The van der Waals surface area contributed by atoms with Gasteiger partial charge >= 0.3 is 0 Å². The molecule has 0 aromatic heterocycles. The number of aliphatic hydroxyl groups excluding tert-OH is 1. The Kier molecular flexibility index (Phi) is 3.71. The zero-order chi connectivity index (χ0) is 10.4. The van der Waals surface area contributed by atoms with Crippen LogP contribution in [0, 0.1) is 12.3 Å². The van der Waals surface area contributed by atoms with Crippen LogP contribution < -0.4 is 5.32 Å². The maximum atomic E-state index is 11.2. The van der Waals surface area contributed by atoms with Crippen LogP contribution >= 0.6 is 0 Å². The van der Waals surface area contributed by atoms with Crippen LogP contribution in [0.3, 0.4) is 0 Å². The van der Waals surface area contributed by atoms with Crippen molar-refractivity contribution < 1.29 is 9.90 Å². The van der Waals surface area contributed by atoms with Crippen LogP contribution in [0.25, 0.3) is 0 Å². The molecule has 3 nitrogen and oxygen atoms in total. The smallest absolute Gasteiger partial charge is 0.254 e. The van der Waals surface area contributed by atoms with Gasteiger partial charge in [-0.1, -0.05) is 36.3 Å². The number of amides is 1. The topological polar surface area (TPSA) is 49.3 Å². The fraction of sp³-hybridized carbons (Fsp3) is 0.182. The van der Waals surface area contributed by atoms with E-state index in [0.717, 1.165) is 0 Å². The lowest BCUT2D eigenvalue weighted by atomic mass is 10.1. The lowest BCUT2D eigenvalue weighted by Gasteiger charge is -2.09. The zero-order valence-corrected chi connectivity index (χ0v) is 7.60. The van der Waals surface area contributed by atoms with Crippen LogP contribution in [0.4, 0.5) is 0 Å². The Morgan fingerprint density at radius 3 is 2.71 bits per heavy atom. The molecule has 0 spiro atoms. The average Bonchev–Trinajstić information content (AvgIpc) is 2.26. The monoisotopic (exact) mass is 189 g/mol. The summed E-state index contributed by atoms with van der Waals surface area (Å²) < 4.78 is 0. The highest BCUT2D eigenvalue weighted by atomic mass is 16.3. The van der Waals surface area contributed by atoms with Crippen molar-refractivity contribution in [3.8, 4) is 12.3 Å². The minimum Gasteiger partial charge on any atom is -0.378 e. The first kappa shape index (κ1) is 10.3.